The largest absolute Gasteiger partial charge is 0.507 e. The predicted octanol–water partition coefficient (Wildman–Crippen LogP) is 1.58. The maximum absolute atomic E-state index is 12.6. The zero-order chi connectivity index (χ0) is 18.8. The summed E-state index contributed by atoms with van der Waals surface area (Å²) >= 11 is 0. The van der Waals surface area contributed by atoms with Crippen LogP contribution in [0.15, 0.2) is 42.0 Å². The maximum atomic E-state index is 12.6. The van der Waals surface area contributed by atoms with Crippen LogP contribution in [-0.4, -0.2) is 52.5 Å². The van der Waals surface area contributed by atoms with Crippen molar-refractivity contribution in [1.82, 2.24) is 10.2 Å². The van der Waals surface area contributed by atoms with Gasteiger partial charge in [-0.1, -0.05) is 18.2 Å². The van der Waals surface area contributed by atoms with Crippen LogP contribution in [0.1, 0.15) is 29.3 Å². The van der Waals surface area contributed by atoms with Gasteiger partial charge in [0.2, 0.25) is 5.91 Å². The SMILES string of the molecule is CC(=O)NC1(N(C)C)C=CC(=C(O)c2ccccc2C(=O)O)C(=O)C1. The Balaban J connectivity index is 2.53. The number of Topliss-reactive ketones (excluding diaryl/α,β-unsaturated/α-hetero) is 1. The highest BCUT2D eigenvalue weighted by Crippen LogP contribution is 2.30. The number of aliphatic hydroxyl groups excluding tert-OH is 1. The van der Waals surface area contributed by atoms with Gasteiger partial charge in [-0.05, 0) is 32.3 Å². The number of nitrogens with one attached hydrogen (secondary N) is 1. The molecule has 3 N–H and O–H groups in total. The van der Waals surface area contributed by atoms with Crippen molar-refractivity contribution in [3.63, 3.8) is 0 Å². The van der Waals surface area contributed by atoms with E-state index in [2.05, 4.69) is 5.32 Å². The average molecular weight is 344 g/mol. The van der Waals surface area contributed by atoms with Crippen molar-refractivity contribution in [2.75, 3.05) is 14.1 Å². The van der Waals surface area contributed by atoms with Crippen molar-refractivity contribution in [1.29, 1.82) is 0 Å². The molecule has 0 aromatic heterocycles. The molecule has 0 fully saturated rings. The Kier molecular flexibility index (Phi) is 5.08. The number of carbonyl (C=O) groups excluding carboxylic acids is 2. The lowest BCUT2D eigenvalue weighted by atomic mass is 9.87. The first-order chi connectivity index (χ1) is 11.7. The van der Waals surface area contributed by atoms with Crippen LogP contribution in [0.5, 0.6) is 0 Å². The zero-order valence-corrected chi connectivity index (χ0v) is 14.2. The molecule has 0 heterocycles. The van der Waals surface area contributed by atoms with Gasteiger partial charge in [-0.2, -0.15) is 0 Å². The Bertz CT molecular complexity index is 794. The van der Waals surface area contributed by atoms with Gasteiger partial charge in [-0.3, -0.25) is 14.5 Å². The number of hydrogen-bond donors (Lipinski definition) is 3. The molecule has 0 saturated carbocycles. The second kappa shape index (κ2) is 6.90. The molecule has 1 amide bonds. The second-order valence-corrected chi connectivity index (χ2v) is 6.05. The van der Waals surface area contributed by atoms with Crippen molar-refractivity contribution in [2.45, 2.75) is 19.0 Å². The van der Waals surface area contributed by atoms with E-state index in [1.165, 1.54) is 31.2 Å². The number of aliphatic hydroxyl groups is 1. The van der Waals surface area contributed by atoms with Crippen LogP contribution < -0.4 is 5.32 Å². The van der Waals surface area contributed by atoms with Crippen molar-refractivity contribution < 1.29 is 24.6 Å². The van der Waals surface area contributed by atoms with Crippen LogP contribution in [0.4, 0.5) is 0 Å². The highest BCUT2D eigenvalue weighted by atomic mass is 16.4. The lowest BCUT2D eigenvalue weighted by Crippen LogP contribution is -2.58. The monoisotopic (exact) mass is 344 g/mol. The van der Waals surface area contributed by atoms with E-state index in [-0.39, 0.29) is 29.0 Å². The minimum Gasteiger partial charge on any atom is -0.507 e. The quantitative estimate of drug-likeness (QED) is 0.435. The van der Waals surface area contributed by atoms with Crippen molar-refractivity contribution in [3.8, 4) is 0 Å². The van der Waals surface area contributed by atoms with Crippen molar-refractivity contribution >= 4 is 23.4 Å². The fraction of sp³-hybridized carbons (Fsp3) is 0.278. The van der Waals surface area contributed by atoms with Crippen LogP contribution in [-0.2, 0) is 9.59 Å². The zero-order valence-electron chi connectivity index (χ0n) is 14.2. The number of ketones is 1. The molecule has 1 aliphatic carbocycles. The van der Waals surface area contributed by atoms with E-state index >= 15 is 0 Å². The van der Waals surface area contributed by atoms with Gasteiger partial charge in [0.05, 0.1) is 17.6 Å². The van der Waals surface area contributed by atoms with Gasteiger partial charge in [0, 0.05) is 12.5 Å². The minimum atomic E-state index is -1.20. The fourth-order valence-electron chi connectivity index (χ4n) is 2.75. The number of carboxylic acid groups (broad SMARTS) is 1. The molecule has 2 rings (SSSR count). The van der Waals surface area contributed by atoms with Crippen LogP contribution in [0.25, 0.3) is 5.76 Å². The third-order valence-corrected chi connectivity index (χ3v) is 4.11. The molecule has 132 valence electrons. The molecule has 7 heteroatoms. The molecule has 0 bridgehead atoms. The van der Waals surface area contributed by atoms with E-state index in [4.69, 9.17) is 0 Å². The molecule has 1 aromatic carbocycles. The number of carbonyl (C=O) groups is 3. The Hall–Kier alpha value is -2.93. The number of likely N-dealkylation sites (N-methyl/N-ethyl adjacent to an activating group) is 1. The van der Waals surface area contributed by atoms with Crippen LogP contribution in [0.3, 0.4) is 0 Å². The number of benzene rings is 1. The molecule has 7 nitrogen and oxygen atoms in total. The predicted molar refractivity (Wildman–Crippen MR) is 91.9 cm³/mol. The summed E-state index contributed by atoms with van der Waals surface area (Å²) in [6.07, 6.45) is 2.95. The van der Waals surface area contributed by atoms with Gasteiger partial charge in [-0.15, -0.1) is 0 Å². The average Bonchev–Trinajstić information content (AvgIpc) is 2.53. The summed E-state index contributed by atoms with van der Waals surface area (Å²) in [6, 6.07) is 5.91. The molecule has 1 atom stereocenters. The smallest absolute Gasteiger partial charge is 0.336 e. The highest BCUT2D eigenvalue weighted by Gasteiger charge is 2.38. The number of nitrogens with zero attached hydrogens (tertiary/aromatic N) is 1. The normalized spacial score (nSPS) is 22.0. The number of carboxylic acids is 1. The molecule has 0 saturated heterocycles. The number of hydrogen-bond acceptors (Lipinski definition) is 5. The van der Waals surface area contributed by atoms with E-state index in [0.29, 0.717) is 0 Å². The molecule has 1 unspecified atom stereocenters. The molecular formula is C18H20N2O5. The topological polar surface area (TPSA) is 107 Å². The molecule has 1 aliphatic rings. The van der Waals surface area contributed by atoms with Crippen LogP contribution >= 0.6 is 0 Å². The van der Waals surface area contributed by atoms with Gasteiger partial charge in [-0.25, -0.2) is 4.79 Å². The molecule has 25 heavy (non-hydrogen) atoms. The lowest BCUT2D eigenvalue weighted by Gasteiger charge is -2.39. The first-order valence-electron chi connectivity index (χ1n) is 7.62. The number of aromatic carboxylic acids is 1. The molecule has 1 aromatic rings. The van der Waals surface area contributed by atoms with E-state index < -0.39 is 23.2 Å². The summed E-state index contributed by atoms with van der Waals surface area (Å²) in [5.41, 5.74) is -1.00. The number of rotatable bonds is 4. The van der Waals surface area contributed by atoms with Gasteiger partial charge >= 0.3 is 5.97 Å². The molecule has 0 radical (unpaired) electrons. The van der Waals surface area contributed by atoms with E-state index in [0.717, 1.165) is 0 Å². The third-order valence-electron chi connectivity index (χ3n) is 4.11. The Morgan fingerprint density at radius 2 is 1.76 bits per heavy atom. The van der Waals surface area contributed by atoms with Gasteiger partial charge in [0.15, 0.2) is 5.78 Å². The summed E-state index contributed by atoms with van der Waals surface area (Å²) in [5.74, 6) is -2.29. The molecule has 0 aliphatic heterocycles. The fourth-order valence-corrected chi connectivity index (χ4v) is 2.75. The van der Waals surface area contributed by atoms with E-state index in [9.17, 15) is 24.6 Å². The highest BCUT2D eigenvalue weighted by molar-refractivity contribution is 6.07. The molecule has 0 spiro atoms. The van der Waals surface area contributed by atoms with Crippen LogP contribution in [0.2, 0.25) is 0 Å². The lowest BCUT2D eigenvalue weighted by molar-refractivity contribution is -0.124. The van der Waals surface area contributed by atoms with Gasteiger partial charge in [0.25, 0.3) is 0 Å². The summed E-state index contributed by atoms with van der Waals surface area (Å²) in [7, 11) is 3.45. The second-order valence-electron chi connectivity index (χ2n) is 6.05. The first-order valence-corrected chi connectivity index (χ1v) is 7.62. The van der Waals surface area contributed by atoms with Crippen LogP contribution in [0, 0.1) is 0 Å². The van der Waals surface area contributed by atoms with Crippen molar-refractivity contribution in [3.05, 3.63) is 53.1 Å². The Labute approximate surface area is 145 Å². The Morgan fingerprint density at radius 1 is 1.16 bits per heavy atom. The van der Waals surface area contributed by atoms with E-state index in [1.807, 2.05) is 0 Å². The Morgan fingerprint density at radius 3 is 2.24 bits per heavy atom. The minimum absolute atomic E-state index is 0.0107. The third kappa shape index (κ3) is 3.61. The van der Waals surface area contributed by atoms with E-state index in [1.54, 1.807) is 31.1 Å². The summed E-state index contributed by atoms with van der Waals surface area (Å²) in [6.45, 7) is 1.36. The maximum Gasteiger partial charge on any atom is 0.336 e. The first kappa shape index (κ1) is 18.4. The summed E-state index contributed by atoms with van der Waals surface area (Å²) in [5, 5.41) is 22.5. The van der Waals surface area contributed by atoms with Gasteiger partial charge in [0.1, 0.15) is 11.4 Å². The number of allylic oxidation sites excluding steroid dienone is 2. The standard InChI is InChI=1S/C18H20N2O5/c1-11(21)19-18(20(2)3)9-8-14(15(22)10-18)16(23)12-6-4-5-7-13(12)17(24)25/h4-9,23H,10H2,1-3H3,(H,19,21)(H,24,25). The molecular weight excluding hydrogens is 324 g/mol. The van der Waals surface area contributed by atoms with Gasteiger partial charge < -0.3 is 15.5 Å². The summed E-state index contributed by atoms with van der Waals surface area (Å²) in [4.78, 5) is 37.1. The summed E-state index contributed by atoms with van der Waals surface area (Å²) < 4.78 is 0. The number of amides is 1. The van der Waals surface area contributed by atoms with Crippen molar-refractivity contribution in [2.24, 2.45) is 0 Å².